The van der Waals surface area contributed by atoms with E-state index in [4.69, 9.17) is 4.74 Å². The lowest BCUT2D eigenvalue weighted by Crippen LogP contribution is -2.40. The van der Waals surface area contributed by atoms with E-state index in [0.29, 0.717) is 5.41 Å². The highest BCUT2D eigenvalue weighted by Crippen LogP contribution is 2.44. The molecular formula is C16H25NO. The van der Waals surface area contributed by atoms with Crippen molar-refractivity contribution in [2.24, 2.45) is 5.41 Å². The first-order chi connectivity index (χ1) is 8.73. The van der Waals surface area contributed by atoms with E-state index in [1.165, 1.54) is 30.4 Å². The van der Waals surface area contributed by atoms with Crippen LogP contribution in [0, 0.1) is 5.41 Å². The summed E-state index contributed by atoms with van der Waals surface area (Å²) >= 11 is 0. The van der Waals surface area contributed by atoms with Crippen molar-refractivity contribution in [1.82, 2.24) is 5.32 Å². The SMILES string of the molecule is CCc1ccc(OC)c(CC2(CNC)CCC2)c1. The van der Waals surface area contributed by atoms with Crippen LogP contribution in [0.3, 0.4) is 0 Å². The third-order valence-corrected chi connectivity index (χ3v) is 4.28. The monoisotopic (exact) mass is 247 g/mol. The second-order valence-corrected chi connectivity index (χ2v) is 5.56. The normalized spacial score (nSPS) is 17.3. The van der Waals surface area contributed by atoms with Gasteiger partial charge in [0.15, 0.2) is 0 Å². The van der Waals surface area contributed by atoms with Crippen molar-refractivity contribution in [1.29, 1.82) is 0 Å². The number of rotatable bonds is 6. The summed E-state index contributed by atoms with van der Waals surface area (Å²) in [5, 5.41) is 3.36. The lowest BCUT2D eigenvalue weighted by Gasteiger charge is -2.42. The van der Waals surface area contributed by atoms with Crippen molar-refractivity contribution in [2.45, 2.75) is 39.0 Å². The maximum absolute atomic E-state index is 5.52. The summed E-state index contributed by atoms with van der Waals surface area (Å²) < 4.78 is 5.52. The Morgan fingerprint density at radius 2 is 2.11 bits per heavy atom. The first kappa shape index (κ1) is 13.4. The molecule has 0 aromatic heterocycles. The Labute approximate surface area is 111 Å². The minimum absolute atomic E-state index is 0.467. The third-order valence-electron chi connectivity index (χ3n) is 4.28. The van der Waals surface area contributed by atoms with Gasteiger partial charge in [0.05, 0.1) is 7.11 Å². The summed E-state index contributed by atoms with van der Waals surface area (Å²) in [6.45, 7) is 3.32. The van der Waals surface area contributed by atoms with Gasteiger partial charge >= 0.3 is 0 Å². The molecule has 1 aliphatic carbocycles. The summed E-state index contributed by atoms with van der Waals surface area (Å²) in [6.07, 6.45) is 6.29. The average molecular weight is 247 g/mol. The summed E-state index contributed by atoms with van der Waals surface area (Å²) in [5.74, 6) is 1.05. The number of hydrogen-bond donors (Lipinski definition) is 1. The topological polar surface area (TPSA) is 21.3 Å². The Bertz CT molecular complexity index is 396. The highest BCUT2D eigenvalue weighted by atomic mass is 16.5. The lowest BCUT2D eigenvalue weighted by atomic mass is 9.65. The van der Waals surface area contributed by atoms with Crippen LogP contribution in [-0.4, -0.2) is 20.7 Å². The van der Waals surface area contributed by atoms with E-state index >= 15 is 0 Å². The molecule has 2 rings (SSSR count). The zero-order chi connectivity index (χ0) is 13.0. The van der Waals surface area contributed by atoms with Gasteiger partial charge in [-0.3, -0.25) is 0 Å². The fraction of sp³-hybridized carbons (Fsp3) is 0.625. The molecule has 1 aromatic rings. The smallest absolute Gasteiger partial charge is 0.122 e. The summed E-state index contributed by atoms with van der Waals surface area (Å²) in [4.78, 5) is 0. The highest BCUT2D eigenvalue weighted by Gasteiger charge is 2.36. The zero-order valence-electron chi connectivity index (χ0n) is 11.9. The van der Waals surface area contributed by atoms with Crippen molar-refractivity contribution in [2.75, 3.05) is 20.7 Å². The Morgan fingerprint density at radius 3 is 2.61 bits per heavy atom. The fourth-order valence-corrected chi connectivity index (χ4v) is 3.06. The molecule has 0 spiro atoms. The number of methoxy groups -OCH3 is 1. The van der Waals surface area contributed by atoms with Crippen molar-refractivity contribution in [3.05, 3.63) is 29.3 Å². The molecule has 0 atom stereocenters. The molecule has 0 amide bonds. The molecule has 100 valence electrons. The maximum atomic E-state index is 5.52. The third kappa shape index (κ3) is 2.69. The van der Waals surface area contributed by atoms with Gasteiger partial charge in [0.1, 0.15) is 5.75 Å². The molecule has 18 heavy (non-hydrogen) atoms. The molecule has 0 radical (unpaired) electrons. The van der Waals surface area contributed by atoms with Crippen LogP contribution < -0.4 is 10.1 Å². The molecule has 0 saturated heterocycles. The quantitative estimate of drug-likeness (QED) is 0.833. The van der Waals surface area contributed by atoms with Crippen LogP contribution in [0.25, 0.3) is 0 Å². The Hall–Kier alpha value is -1.02. The maximum Gasteiger partial charge on any atom is 0.122 e. The molecule has 0 unspecified atom stereocenters. The van der Waals surface area contributed by atoms with Gasteiger partial charge in [-0.25, -0.2) is 0 Å². The minimum atomic E-state index is 0.467. The molecule has 2 nitrogen and oxygen atoms in total. The van der Waals surface area contributed by atoms with Crippen molar-refractivity contribution in [3.8, 4) is 5.75 Å². The van der Waals surface area contributed by atoms with Gasteiger partial charge in [-0.1, -0.05) is 25.5 Å². The van der Waals surface area contributed by atoms with Gasteiger partial charge in [0.25, 0.3) is 0 Å². The van der Waals surface area contributed by atoms with Crippen LogP contribution in [0.5, 0.6) is 5.75 Å². The molecule has 1 fully saturated rings. The second kappa shape index (κ2) is 5.75. The number of ether oxygens (including phenoxy) is 1. The molecule has 1 saturated carbocycles. The molecule has 1 aliphatic rings. The Balaban J connectivity index is 2.20. The van der Waals surface area contributed by atoms with Crippen LogP contribution >= 0.6 is 0 Å². The van der Waals surface area contributed by atoms with Crippen LogP contribution in [0.2, 0.25) is 0 Å². The van der Waals surface area contributed by atoms with E-state index in [2.05, 4.69) is 37.5 Å². The van der Waals surface area contributed by atoms with Crippen LogP contribution in [0.4, 0.5) is 0 Å². The second-order valence-electron chi connectivity index (χ2n) is 5.56. The summed E-state index contributed by atoms with van der Waals surface area (Å²) in [7, 11) is 3.83. The van der Waals surface area contributed by atoms with Gasteiger partial charge in [-0.2, -0.15) is 0 Å². The van der Waals surface area contributed by atoms with Gasteiger partial charge in [0.2, 0.25) is 0 Å². The molecule has 0 heterocycles. The van der Waals surface area contributed by atoms with Gasteiger partial charge in [-0.15, -0.1) is 0 Å². The van der Waals surface area contributed by atoms with Crippen LogP contribution in [-0.2, 0) is 12.8 Å². The lowest BCUT2D eigenvalue weighted by molar-refractivity contribution is 0.132. The number of hydrogen-bond acceptors (Lipinski definition) is 2. The molecule has 0 aliphatic heterocycles. The Morgan fingerprint density at radius 1 is 1.33 bits per heavy atom. The average Bonchev–Trinajstić information content (AvgIpc) is 2.36. The van der Waals surface area contributed by atoms with E-state index in [9.17, 15) is 0 Å². The van der Waals surface area contributed by atoms with E-state index in [-0.39, 0.29) is 0 Å². The largest absolute Gasteiger partial charge is 0.496 e. The minimum Gasteiger partial charge on any atom is -0.496 e. The molecule has 2 heteroatoms. The zero-order valence-corrected chi connectivity index (χ0v) is 11.9. The van der Waals surface area contributed by atoms with Crippen LogP contribution in [0.15, 0.2) is 18.2 Å². The molecule has 1 N–H and O–H groups in total. The van der Waals surface area contributed by atoms with E-state index < -0.39 is 0 Å². The molecule has 1 aromatic carbocycles. The van der Waals surface area contributed by atoms with Crippen LogP contribution in [0.1, 0.15) is 37.3 Å². The van der Waals surface area contributed by atoms with Gasteiger partial charge < -0.3 is 10.1 Å². The number of aryl methyl sites for hydroxylation is 1. The molecule has 0 bridgehead atoms. The fourth-order valence-electron chi connectivity index (χ4n) is 3.06. The van der Waals surface area contributed by atoms with Crippen molar-refractivity contribution >= 4 is 0 Å². The van der Waals surface area contributed by atoms with E-state index in [1.807, 2.05) is 0 Å². The highest BCUT2D eigenvalue weighted by molar-refractivity contribution is 5.38. The molecular weight excluding hydrogens is 222 g/mol. The Kier molecular flexibility index (Phi) is 4.28. The predicted molar refractivity (Wildman–Crippen MR) is 76.3 cm³/mol. The summed E-state index contributed by atoms with van der Waals surface area (Å²) in [6, 6.07) is 6.63. The van der Waals surface area contributed by atoms with E-state index in [0.717, 1.165) is 25.1 Å². The standard InChI is InChI=1S/C16H25NO/c1-4-13-6-7-15(18-3)14(10-13)11-16(12-17-2)8-5-9-16/h6-7,10,17H,4-5,8-9,11-12H2,1-3H3. The number of nitrogens with one attached hydrogen (secondary N) is 1. The summed E-state index contributed by atoms with van der Waals surface area (Å²) in [5.41, 5.74) is 3.26. The number of benzene rings is 1. The van der Waals surface area contributed by atoms with E-state index in [1.54, 1.807) is 7.11 Å². The first-order valence-corrected chi connectivity index (χ1v) is 7.03. The van der Waals surface area contributed by atoms with Crippen molar-refractivity contribution < 1.29 is 4.74 Å². The van der Waals surface area contributed by atoms with Crippen molar-refractivity contribution in [3.63, 3.8) is 0 Å². The van der Waals surface area contributed by atoms with Gasteiger partial charge in [0, 0.05) is 6.54 Å². The first-order valence-electron chi connectivity index (χ1n) is 7.03. The predicted octanol–water partition coefficient (Wildman–Crippen LogP) is 3.19. The van der Waals surface area contributed by atoms with Gasteiger partial charge in [-0.05, 0) is 55.3 Å².